The summed E-state index contributed by atoms with van der Waals surface area (Å²) in [4.78, 5) is 4.23. The third-order valence-corrected chi connectivity index (χ3v) is 2.09. The highest BCUT2D eigenvalue weighted by Crippen LogP contribution is 2.12. The fraction of sp³-hybridized carbons (Fsp3) is 0.857. The minimum Gasteiger partial charge on any atom is -0.282 e. The zero-order valence-electron chi connectivity index (χ0n) is 6.48. The Morgan fingerprint density at radius 1 is 1.56 bits per heavy atom. The van der Waals surface area contributed by atoms with E-state index in [4.69, 9.17) is 0 Å². The smallest absolute Gasteiger partial charge is 0.0674 e. The lowest BCUT2D eigenvalue weighted by atomic mass is 10.5. The van der Waals surface area contributed by atoms with Crippen LogP contribution >= 0.6 is 11.8 Å². The Bertz CT molecular complexity index is 88.9. The second kappa shape index (κ2) is 6.14. The van der Waals surface area contributed by atoms with Crippen LogP contribution in [0, 0.1) is 0 Å². The van der Waals surface area contributed by atoms with Gasteiger partial charge in [0.1, 0.15) is 0 Å². The van der Waals surface area contributed by atoms with Crippen LogP contribution in [0.1, 0.15) is 27.2 Å². The predicted octanol–water partition coefficient (Wildman–Crippen LogP) is 2.57. The van der Waals surface area contributed by atoms with Crippen molar-refractivity contribution in [1.82, 2.24) is 0 Å². The Morgan fingerprint density at radius 3 is 2.44 bits per heavy atom. The molecule has 0 aromatic carbocycles. The molecule has 0 bridgehead atoms. The van der Waals surface area contributed by atoms with Gasteiger partial charge in [-0.15, -0.1) is 11.8 Å². The van der Waals surface area contributed by atoms with Crippen LogP contribution in [0.25, 0.3) is 0 Å². The minimum atomic E-state index is 1.05. The van der Waals surface area contributed by atoms with Crippen molar-refractivity contribution in [3.8, 4) is 0 Å². The van der Waals surface area contributed by atoms with Crippen LogP contribution in [-0.4, -0.2) is 17.3 Å². The van der Waals surface area contributed by atoms with E-state index < -0.39 is 0 Å². The molecule has 0 saturated carbocycles. The molecule has 0 amide bonds. The average Bonchev–Trinajstić information content (AvgIpc) is 2.43. The third kappa shape index (κ3) is 3.57. The van der Waals surface area contributed by atoms with Crippen LogP contribution in [-0.2, 0) is 0 Å². The fourth-order valence-corrected chi connectivity index (χ4v) is 1.40. The second-order valence-electron chi connectivity index (χ2n) is 1.48. The van der Waals surface area contributed by atoms with Gasteiger partial charge in [0.05, 0.1) is 5.04 Å². The van der Waals surface area contributed by atoms with Gasteiger partial charge in [-0.3, -0.25) is 4.99 Å². The van der Waals surface area contributed by atoms with Crippen molar-refractivity contribution in [3.63, 3.8) is 0 Å². The molecule has 0 aliphatic carbocycles. The van der Waals surface area contributed by atoms with Crippen LogP contribution < -0.4 is 0 Å². The van der Waals surface area contributed by atoms with Gasteiger partial charge in [-0.2, -0.15) is 0 Å². The lowest BCUT2D eigenvalue weighted by molar-refractivity contribution is 1.15. The first-order valence-corrected chi connectivity index (χ1v) is 4.58. The largest absolute Gasteiger partial charge is 0.282 e. The van der Waals surface area contributed by atoms with Gasteiger partial charge in [0.25, 0.3) is 0 Å². The van der Waals surface area contributed by atoms with Crippen LogP contribution in [0.3, 0.4) is 0 Å². The fourth-order valence-electron chi connectivity index (χ4n) is 0.593. The average molecular weight is 145 g/mol. The van der Waals surface area contributed by atoms with Crippen molar-refractivity contribution in [2.24, 2.45) is 4.99 Å². The van der Waals surface area contributed by atoms with Gasteiger partial charge >= 0.3 is 0 Å². The summed E-state index contributed by atoms with van der Waals surface area (Å²) in [5, 5.41) is 1.33. The molecule has 0 aromatic heterocycles. The highest BCUT2D eigenvalue weighted by Gasteiger charge is 2.01. The van der Waals surface area contributed by atoms with Crippen LogP contribution in [0.5, 0.6) is 0 Å². The lowest BCUT2D eigenvalue weighted by Gasteiger charge is -1.85. The Kier molecular flexibility index (Phi) is 6.16. The molecule has 1 aliphatic heterocycles. The van der Waals surface area contributed by atoms with E-state index in [0.29, 0.717) is 0 Å². The zero-order valence-corrected chi connectivity index (χ0v) is 7.29. The van der Waals surface area contributed by atoms with Crippen molar-refractivity contribution in [1.29, 1.82) is 0 Å². The van der Waals surface area contributed by atoms with Crippen LogP contribution in [0.2, 0.25) is 0 Å². The SMILES string of the molecule is CC.CCC1=NCCS1. The number of rotatable bonds is 1. The Hall–Kier alpha value is 0.0200. The first-order chi connectivity index (χ1) is 4.43. The first kappa shape index (κ1) is 9.02. The Balaban J connectivity index is 0.000000291. The molecule has 1 rings (SSSR count). The quantitative estimate of drug-likeness (QED) is 0.552. The maximum atomic E-state index is 4.23. The zero-order chi connectivity index (χ0) is 7.11. The molecule has 0 fully saturated rings. The summed E-state index contributed by atoms with van der Waals surface area (Å²) in [5.41, 5.74) is 0. The Morgan fingerprint density at radius 2 is 2.22 bits per heavy atom. The van der Waals surface area contributed by atoms with E-state index in [1.165, 1.54) is 10.8 Å². The number of hydrogen-bond acceptors (Lipinski definition) is 2. The highest BCUT2D eigenvalue weighted by molar-refractivity contribution is 8.14. The molecular weight excluding hydrogens is 130 g/mol. The van der Waals surface area contributed by atoms with Crippen molar-refractivity contribution >= 4 is 16.8 Å². The van der Waals surface area contributed by atoms with E-state index in [1.54, 1.807) is 0 Å². The monoisotopic (exact) mass is 145 g/mol. The Labute approximate surface area is 61.9 Å². The molecule has 54 valence electrons. The number of thioether (sulfide) groups is 1. The van der Waals surface area contributed by atoms with Crippen molar-refractivity contribution in [2.45, 2.75) is 27.2 Å². The molecule has 0 N–H and O–H groups in total. The molecule has 9 heavy (non-hydrogen) atoms. The van der Waals surface area contributed by atoms with Crippen molar-refractivity contribution in [2.75, 3.05) is 12.3 Å². The van der Waals surface area contributed by atoms with Gasteiger partial charge in [-0.05, 0) is 6.42 Å². The molecule has 1 aliphatic rings. The van der Waals surface area contributed by atoms with Gasteiger partial charge in [-0.1, -0.05) is 20.8 Å². The van der Waals surface area contributed by atoms with Crippen molar-refractivity contribution in [3.05, 3.63) is 0 Å². The molecule has 1 heterocycles. The van der Waals surface area contributed by atoms with E-state index in [-0.39, 0.29) is 0 Å². The highest BCUT2D eigenvalue weighted by atomic mass is 32.2. The number of aliphatic imine (C=N–C) groups is 1. The third-order valence-electron chi connectivity index (χ3n) is 0.951. The van der Waals surface area contributed by atoms with Gasteiger partial charge in [-0.25, -0.2) is 0 Å². The summed E-state index contributed by atoms with van der Waals surface area (Å²) in [6, 6.07) is 0. The van der Waals surface area contributed by atoms with E-state index in [0.717, 1.165) is 13.0 Å². The predicted molar refractivity (Wildman–Crippen MR) is 46.4 cm³/mol. The maximum absolute atomic E-state index is 4.23. The van der Waals surface area contributed by atoms with Crippen LogP contribution in [0.15, 0.2) is 4.99 Å². The summed E-state index contributed by atoms with van der Waals surface area (Å²) in [6.45, 7) is 7.20. The van der Waals surface area contributed by atoms with Crippen molar-refractivity contribution < 1.29 is 0 Å². The molecule has 0 radical (unpaired) electrons. The molecule has 1 nitrogen and oxygen atoms in total. The first-order valence-electron chi connectivity index (χ1n) is 3.59. The van der Waals surface area contributed by atoms with E-state index in [2.05, 4.69) is 11.9 Å². The molecule has 0 aromatic rings. The molecular formula is C7H15NS. The molecule has 0 atom stereocenters. The number of hydrogen-bond donors (Lipinski definition) is 0. The van der Waals surface area contributed by atoms with E-state index in [9.17, 15) is 0 Å². The standard InChI is InChI=1S/C5H9NS.C2H6/c1-2-5-6-3-4-7-5;1-2/h2-4H2,1H3;1-2H3. The van der Waals surface area contributed by atoms with E-state index in [1.807, 2.05) is 25.6 Å². The maximum Gasteiger partial charge on any atom is 0.0674 e. The van der Waals surface area contributed by atoms with Gasteiger partial charge in [0.15, 0.2) is 0 Å². The number of nitrogens with zero attached hydrogens (tertiary/aromatic N) is 1. The minimum absolute atomic E-state index is 1.05. The van der Waals surface area contributed by atoms with Gasteiger partial charge in [0, 0.05) is 12.3 Å². The van der Waals surface area contributed by atoms with Gasteiger partial charge < -0.3 is 0 Å². The van der Waals surface area contributed by atoms with E-state index >= 15 is 0 Å². The summed E-state index contributed by atoms with van der Waals surface area (Å²) < 4.78 is 0. The summed E-state index contributed by atoms with van der Waals surface area (Å²) in [5.74, 6) is 1.21. The lowest BCUT2D eigenvalue weighted by Crippen LogP contribution is -1.79. The van der Waals surface area contributed by atoms with Gasteiger partial charge in [0.2, 0.25) is 0 Å². The summed E-state index contributed by atoms with van der Waals surface area (Å²) in [7, 11) is 0. The summed E-state index contributed by atoms with van der Waals surface area (Å²) in [6.07, 6.45) is 1.13. The molecule has 0 spiro atoms. The normalized spacial score (nSPS) is 16.1. The summed E-state index contributed by atoms with van der Waals surface area (Å²) >= 11 is 1.89. The van der Waals surface area contributed by atoms with Crippen LogP contribution in [0.4, 0.5) is 0 Å². The topological polar surface area (TPSA) is 12.4 Å². The molecule has 0 unspecified atom stereocenters. The second-order valence-corrected chi connectivity index (χ2v) is 2.65. The molecule has 0 saturated heterocycles. The molecule has 2 heteroatoms.